The lowest BCUT2D eigenvalue weighted by atomic mass is 10.1. The number of thioether (sulfide) groups is 1. The van der Waals surface area contributed by atoms with Gasteiger partial charge in [-0.3, -0.25) is 4.90 Å². The molecule has 1 fully saturated rings. The Morgan fingerprint density at radius 2 is 2.24 bits per heavy atom. The lowest BCUT2D eigenvalue weighted by molar-refractivity contribution is -0.141. The van der Waals surface area contributed by atoms with Gasteiger partial charge in [-0.1, -0.05) is 19.9 Å². The molecule has 2 amide bonds. The van der Waals surface area contributed by atoms with Crippen molar-refractivity contribution in [3.63, 3.8) is 0 Å². The Labute approximate surface area is 130 Å². The van der Waals surface area contributed by atoms with E-state index in [0.717, 1.165) is 0 Å². The molecule has 2 unspecified atom stereocenters. The van der Waals surface area contributed by atoms with Gasteiger partial charge in [0.25, 0.3) is 0 Å². The monoisotopic (exact) mass is 316 g/mol. The first-order chi connectivity index (χ1) is 9.93. The predicted octanol–water partition coefficient (Wildman–Crippen LogP) is 1.72. The number of hydrogen-bond acceptors (Lipinski definition) is 4. The molecule has 0 aromatic heterocycles. The molecule has 1 aliphatic heterocycles. The summed E-state index contributed by atoms with van der Waals surface area (Å²) < 4.78 is 5.01. The number of methoxy groups -OCH3 is 1. The van der Waals surface area contributed by atoms with E-state index in [1.807, 2.05) is 13.8 Å². The number of hydrogen-bond donors (Lipinski definition) is 1. The van der Waals surface area contributed by atoms with Crippen LogP contribution in [0.5, 0.6) is 0 Å². The van der Waals surface area contributed by atoms with E-state index < -0.39 is 12.0 Å². The number of carbonyl (C=O) groups excluding carboxylic acids is 1. The third-order valence-electron chi connectivity index (χ3n) is 3.30. The summed E-state index contributed by atoms with van der Waals surface area (Å²) in [5, 5.41) is 9.23. The standard InChI is InChI=1S/C14H24N2O4S/c1-5-6-15(7-8-20-4)14(19)16-11(13(17)18)9-21-12(16)10(2)3/h5,10-12H,1,6-9H2,2-4H3,(H,17,18). The van der Waals surface area contributed by atoms with E-state index in [4.69, 9.17) is 4.74 Å². The summed E-state index contributed by atoms with van der Waals surface area (Å²) in [4.78, 5) is 27.2. The summed E-state index contributed by atoms with van der Waals surface area (Å²) in [6, 6.07) is -1.03. The quantitative estimate of drug-likeness (QED) is 0.724. The minimum absolute atomic E-state index is 0.117. The largest absolute Gasteiger partial charge is 0.480 e. The van der Waals surface area contributed by atoms with E-state index in [1.54, 1.807) is 18.1 Å². The minimum Gasteiger partial charge on any atom is -0.480 e. The number of carbonyl (C=O) groups is 2. The number of amides is 2. The highest BCUT2D eigenvalue weighted by Crippen LogP contribution is 2.34. The molecule has 6 nitrogen and oxygen atoms in total. The van der Waals surface area contributed by atoms with Gasteiger partial charge in [0.15, 0.2) is 0 Å². The van der Waals surface area contributed by atoms with Gasteiger partial charge in [-0.15, -0.1) is 18.3 Å². The van der Waals surface area contributed by atoms with Crippen LogP contribution in [0.25, 0.3) is 0 Å². The van der Waals surface area contributed by atoms with Crippen LogP contribution in [0.2, 0.25) is 0 Å². The summed E-state index contributed by atoms with van der Waals surface area (Å²) >= 11 is 1.52. The Morgan fingerprint density at radius 1 is 1.57 bits per heavy atom. The van der Waals surface area contributed by atoms with E-state index in [-0.39, 0.29) is 17.3 Å². The van der Waals surface area contributed by atoms with Gasteiger partial charge in [0.1, 0.15) is 6.04 Å². The number of nitrogens with zero attached hydrogens (tertiary/aromatic N) is 2. The van der Waals surface area contributed by atoms with Crippen molar-refractivity contribution in [1.29, 1.82) is 0 Å². The smallest absolute Gasteiger partial charge is 0.327 e. The fraction of sp³-hybridized carbons (Fsp3) is 0.714. The lowest BCUT2D eigenvalue weighted by Gasteiger charge is -2.34. The molecule has 1 saturated heterocycles. The lowest BCUT2D eigenvalue weighted by Crippen LogP contribution is -2.53. The first-order valence-electron chi connectivity index (χ1n) is 6.95. The first-order valence-corrected chi connectivity index (χ1v) is 8.00. The molecule has 1 heterocycles. The van der Waals surface area contributed by atoms with E-state index in [9.17, 15) is 14.7 Å². The Bertz CT molecular complexity index is 389. The van der Waals surface area contributed by atoms with Crippen LogP contribution < -0.4 is 0 Å². The molecular formula is C14H24N2O4S. The number of ether oxygens (including phenoxy) is 1. The van der Waals surface area contributed by atoms with Gasteiger partial charge in [0.05, 0.1) is 12.0 Å². The van der Waals surface area contributed by atoms with Crippen molar-refractivity contribution in [3.8, 4) is 0 Å². The molecule has 1 aliphatic rings. The Hall–Kier alpha value is -1.21. The molecule has 1 N–H and O–H groups in total. The second-order valence-electron chi connectivity index (χ2n) is 5.24. The van der Waals surface area contributed by atoms with Crippen molar-refractivity contribution in [1.82, 2.24) is 9.80 Å². The molecular weight excluding hydrogens is 292 g/mol. The molecule has 1 rings (SSSR count). The Morgan fingerprint density at radius 3 is 2.71 bits per heavy atom. The zero-order chi connectivity index (χ0) is 16.0. The molecule has 0 aromatic carbocycles. The second kappa shape index (κ2) is 8.29. The highest BCUT2D eigenvalue weighted by molar-refractivity contribution is 8.00. The van der Waals surface area contributed by atoms with Gasteiger partial charge in [0.2, 0.25) is 0 Å². The SMILES string of the molecule is C=CCN(CCOC)C(=O)N1C(C(=O)O)CSC1C(C)C. The third kappa shape index (κ3) is 4.38. The molecule has 0 aromatic rings. The molecule has 2 atom stereocenters. The summed E-state index contributed by atoms with van der Waals surface area (Å²) in [6.45, 7) is 8.84. The Kier molecular flexibility index (Phi) is 7.04. The Balaban J connectivity index is 2.94. The summed E-state index contributed by atoms with van der Waals surface area (Å²) in [5.74, 6) is -0.337. The van der Waals surface area contributed by atoms with Gasteiger partial charge in [-0.25, -0.2) is 9.59 Å². The number of aliphatic carboxylic acids is 1. The van der Waals surface area contributed by atoms with Gasteiger partial charge in [-0.05, 0) is 5.92 Å². The van der Waals surface area contributed by atoms with Crippen LogP contribution in [0.3, 0.4) is 0 Å². The van der Waals surface area contributed by atoms with E-state index >= 15 is 0 Å². The summed E-state index contributed by atoms with van der Waals surface area (Å²) in [7, 11) is 1.57. The van der Waals surface area contributed by atoms with Crippen LogP contribution in [-0.2, 0) is 9.53 Å². The number of urea groups is 1. The fourth-order valence-electron chi connectivity index (χ4n) is 2.26. The summed E-state index contributed by atoms with van der Waals surface area (Å²) in [6.07, 6.45) is 1.64. The number of rotatable bonds is 7. The predicted molar refractivity (Wildman–Crippen MR) is 83.4 cm³/mol. The maximum absolute atomic E-state index is 12.7. The van der Waals surface area contributed by atoms with E-state index in [2.05, 4.69) is 6.58 Å². The third-order valence-corrected chi connectivity index (χ3v) is 4.92. The van der Waals surface area contributed by atoms with Crippen LogP contribution in [0.4, 0.5) is 4.79 Å². The second-order valence-corrected chi connectivity index (χ2v) is 6.39. The van der Waals surface area contributed by atoms with E-state index in [0.29, 0.717) is 25.4 Å². The number of carboxylic acid groups (broad SMARTS) is 1. The van der Waals surface area contributed by atoms with Gasteiger partial charge in [0, 0.05) is 26.0 Å². The van der Waals surface area contributed by atoms with Crippen LogP contribution in [0.15, 0.2) is 12.7 Å². The maximum atomic E-state index is 12.7. The first kappa shape index (κ1) is 17.8. The summed E-state index contributed by atoms with van der Waals surface area (Å²) in [5.41, 5.74) is 0. The minimum atomic E-state index is -0.954. The molecule has 0 spiro atoms. The highest BCUT2D eigenvalue weighted by Gasteiger charge is 2.44. The van der Waals surface area contributed by atoms with Crippen LogP contribution in [-0.4, -0.2) is 70.9 Å². The van der Waals surface area contributed by atoms with Crippen molar-refractivity contribution < 1.29 is 19.4 Å². The zero-order valence-electron chi connectivity index (χ0n) is 12.8. The molecule has 120 valence electrons. The fourth-order valence-corrected chi connectivity index (χ4v) is 3.72. The van der Waals surface area contributed by atoms with Crippen molar-refractivity contribution in [3.05, 3.63) is 12.7 Å². The topological polar surface area (TPSA) is 70.1 Å². The van der Waals surface area contributed by atoms with E-state index in [1.165, 1.54) is 16.7 Å². The van der Waals surface area contributed by atoms with Crippen molar-refractivity contribution in [2.75, 3.05) is 32.6 Å². The van der Waals surface area contributed by atoms with Crippen LogP contribution >= 0.6 is 11.8 Å². The van der Waals surface area contributed by atoms with Crippen molar-refractivity contribution in [2.24, 2.45) is 5.92 Å². The van der Waals surface area contributed by atoms with Crippen LogP contribution in [0, 0.1) is 5.92 Å². The average molecular weight is 316 g/mol. The molecule has 0 saturated carbocycles. The van der Waals surface area contributed by atoms with Gasteiger partial charge in [-0.2, -0.15) is 0 Å². The molecule has 0 radical (unpaired) electrons. The highest BCUT2D eigenvalue weighted by atomic mass is 32.2. The van der Waals surface area contributed by atoms with Crippen molar-refractivity contribution in [2.45, 2.75) is 25.3 Å². The van der Waals surface area contributed by atoms with Crippen LogP contribution in [0.1, 0.15) is 13.8 Å². The zero-order valence-corrected chi connectivity index (χ0v) is 13.6. The molecule has 7 heteroatoms. The van der Waals surface area contributed by atoms with Crippen molar-refractivity contribution >= 4 is 23.8 Å². The maximum Gasteiger partial charge on any atom is 0.327 e. The molecule has 0 aliphatic carbocycles. The molecule has 21 heavy (non-hydrogen) atoms. The normalized spacial score (nSPS) is 21.6. The van der Waals surface area contributed by atoms with Gasteiger partial charge >= 0.3 is 12.0 Å². The average Bonchev–Trinajstić information content (AvgIpc) is 2.87. The van der Waals surface area contributed by atoms with Gasteiger partial charge < -0.3 is 14.7 Å². The number of carboxylic acids is 1. The molecule has 0 bridgehead atoms.